The fourth-order valence-electron chi connectivity index (χ4n) is 1.58. The summed E-state index contributed by atoms with van der Waals surface area (Å²) in [5.41, 5.74) is 9.12. The fraction of sp³-hybridized carbons (Fsp3) is 0.333. The maximum absolute atomic E-state index is 5.49. The van der Waals surface area contributed by atoms with Crippen molar-refractivity contribution in [3.05, 3.63) is 17.6 Å². The average molecular weight is 204 g/mol. The molecule has 6 heteroatoms. The summed E-state index contributed by atoms with van der Waals surface area (Å²) in [6, 6.07) is 0. The van der Waals surface area contributed by atoms with Crippen LogP contribution in [-0.2, 0) is 7.05 Å². The smallest absolute Gasteiger partial charge is 0.240 e. The normalized spacial score (nSPS) is 10.6. The van der Waals surface area contributed by atoms with Crippen molar-refractivity contribution in [2.45, 2.75) is 13.8 Å². The predicted octanol–water partition coefficient (Wildman–Crippen LogP) is 0.471. The third-order valence-electron chi connectivity index (χ3n) is 2.34. The molecule has 2 aromatic heterocycles. The second-order valence-electron chi connectivity index (χ2n) is 3.37. The molecular formula is C9H12N6. The minimum absolute atomic E-state index is 0.176. The fourth-order valence-corrected chi connectivity index (χ4v) is 1.58. The molecule has 0 unspecified atom stereocenters. The Morgan fingerprint density at radius 3 is 2.60 bits per heavy atom. The van der Waals surface area contributed by atoms with Crippen LogP contribution in [0, 0.1) is 13.8 Å². The number of nitrogen functional groups attached to an aromatic ring is 1. The molecule has 2 heterocycles. The van der Waals surface area contributed by atoms with Crippen molar-refractivity contribution < 1.29 is 0 Å². The summed E-state index contributed by atoms with van der Waals surface area (Å²) in [4.78, 5) is 4.13. The molecule has 0 amide bonds. The molecule has 0 aromatic carbocycles. The van der Waals surface area contributed by atoms with E-state index in [9.17, 15) is 0 Å². The highest BCUT2D eigenvalue weighted by Gasteiger charge is 2.13. The predicted molar refractivity (Wildman–Crippen MR) is 55.9 cm³/mol. The second-order valence-corrected chi connectivity index (χ2v) is 3.37. The Morgan fingerprint density at radius 2 is 2.07 bits per heavy atom. The highest BCUT2D eigenvalue weighted by molar-refractivity contribution is 5.64. The molecule has 6 nitrogen and oxygen atoms in total. The standard InChI is InChI=1S/C9H12N6/c1-5-8(6(2)15(3)14-5)7-4-11-13-9(10)12-7/h4H,1-3H3,(H2,10,12,13). The number of hydrogen-bond donors (Lipinski definition) is 1. The summed E-state index contributed by atoms with van der Waals surface area (Å²) < 4.78 is 1.81. The Morgan fingerprint density at radius 1 is 1.33 bits per heavy atom. The van der Waals surface area contributed by atoms with Gasteiger partial charge >= 0.3 is 0 Å². The number of hydrogen-bond acceptors (Lipinski definition) is 5. The molecule has 2 rings (SSSR count). The molecule has 0 aliphatic heterocycles. The highest BCUT2D eigenvalue weighted by Crippen LogP contribution is 2.23. The molecule has 0 bridgehead atoms. The van der Waals surface area contributed by atoms with Gasteiger partial charge in [-0.25, -0.2) is 4.98 Å². The minimum Gasteiger partial charge on any atom is -0.366 e. The van der Waals surface area contributed by atoms with E-state index in [4.69, 9.17) is 5.73 Å². The number of nitrogens with zero attached hydrogens (tertiary/aromatic N) is 5. The summed E-state index contributed by atoms with van der Waals surface area (Å²) in [7, 11) is 1.89. The molecule has 0 saturated heterocycles. The van der Waals surface area contributed by atoms with E-state index in [1.807, 2.05) is 25.6 Å². The van der Waals surface area contributed by atoms with E-state index in [1.165, 1.54) is 0 Å². The summed E-state index contributed by atoms with van der Waals surface area (Å²) >= 11 is 0. The van der Waals surface area contributed by atoms with Crippen molar-refractivity contribution in [3.8, 4) is 11.3 Å². The summed E-state index contributed by atoms with van der Waals surface area (Å²) in [6.45, 7) is 3.91. The zero-order valence-corrected chi connectivity index (χ0v) is 8.89. The van der Waals surface area contributed by atoms with E-state index in [0.29, 0.717) is 5.69 Å². The molecular weight excluding hydrogens is 192 g/mol. The van der Waals surface area contributed by atoms with Gasteiger partial charge in [0.05, 0.1) is 17.6 Å². The van der Waals surface area contributed by atoms with Crippen LogP contribution >= 0.6 is 0 Å². The van der Waals surface area contributed by atoms with Crippen LogP contribution < -0.4 is 5.73 Å². The van der Waals surface area contributed by atoms with Crippen LogP contribution in [0.3, 0.4) is 0 Å². The van der Waals surface area contributed by atoms with Crippen molar-refractivity contribution in [2.75, 3.05) is 5.73 Å². The molecule has 78 valence electrons. The topological polar surface area (TPSA) is 82.5 Å². The van der Waals surface area contributed by atoms with Gasteiger partial charge in [0.15, 0.2) is 0 Å². The Bertz CT molecular complexity index is 501. The Labute approximate surface area is 87.2 Å². The van der Waals surface area contributed by atoms with Crippen LogP contribution in [-0.4, -0.2) is 25.0 Å². The monoisotopic (exact) mass is 204 g/mol. The largest absolute Gasteiger partial charge is 0.366 e. The van der Waals surface area contributed by atoms with Gasteiger partial charge in [0, 0.05) is 18.3 Å². The molecule has 2 N–H and O–H groups in total. The molecule has 0 spiro atoms. The van der Waals surface area contributed by atoms with E-state index in [2.05, 4.69) is 20.3 Å². The third-order valence-corrected chi connectivity index (χ3v) is 2.34. The van der Waals surface area contributed by atoms with E-state index >= 15 is 0 Å². The first-order chi connectivity index (χ1) is 7.09. The third kappa shape index (κ3) is 1.54. The number of rotatable bonds is 1. The van der Waals surface area contributed by atoms with Crippen LogP contribution in [0.5, 0.6) is 0 Å². The molecule has 0 fully saturated rings. The Hall–Kier alpha value is -1.98. The van der Waals surface area contributed by atoms with E-state index in [-0.39, 0.29) is 5.95 Å². The van der Waals surface area contributed by atoms with E-state index in [1.54, 1.807) is 6.20 Å². The lowest BCUT2D eigenvalue weighted by Gasteiger charge is -2.00. The first kappa shape index (κ1) is 9.57. The molecule has 15 heavy (non-hydrogen) atoms. The summed E-state index contributed by atoms with van der Waals surface area (Å²) in [6.07, 6.45) is 1.59. The minimum atomic E-state index is 0.176. The maximum Gasteiger partial charge on any atom is 0.240 e. The lowest BCUT2D eigenvalue weighted by atomic mass is 10.1. The molecule has 0 radical (unpaired) electrons. The first-order valence-electron chi connectivity index (χ1n) is 4.55. The van der Waals surface area contributed by atoms with Crippen molar-refractivity contribution in [2.24, 2.45) is 7.05 Å². The summed E-state index contributed by atoms with van der Waals surface area (Å²) in [5.74, 6) is 0.176. The van der Waals surface area contributed by atoms with Gasteiger partial charge in [0.25, 0.3) is 0 Å². The Kier molecular flexibility index (Phi) is 2.11. The van der Waals surface area contributed by atoms with Crippen molar-refractivity contribution in [1.82, 2.24) is 25.0 Å². The molecule has 2 aromatic rings. The zero-order chi connectivity index (χ0) is 11.0. The van der Waals surface area contributed by atoms with Gasteiger partial charge in [0.1, 0.15) is 0 Å². The van der Waals surface area contributed by atoms with Crippen LogP contribution in [0.2, 0.25) is 0 Å². The van der Waals surface area contributed by atoms with E-state index in [0.717, 1.165) is 17.0 Å². The molecule has 0 aliphatic carbocycles. The average Bonchev–Trinajstić information content (AvgIpc) is 2.41. The molecule has 0 atom stereocenters. The van der Waals surface area contributed by atoms with Crippen molar-refractivity contribution in [3.63, 3.8) is 0 Å². The van der Waals surface area contributed by atoms with Gasteiger partial charge in [0.2, 0.25) is 5.95 Å². The van der Waals surface area contributed by atoms with Crippen LogP contribution in [0.1, 0.15) is 11.4 Å². The van der Waals surface area contributed by atoms with Crippen molar-refractivity contribution in [1.29, 1.82) is 0 Å². The van der Waals surface area contributed by atoms with Crippen molar-refractivity contribution >= 4 is 5.95 Å². The quantitative estimate of drug-likeness (QED) is 0.730. The SMILES string of the molecule is Cc1nn(C)c(C)c1-c1cnnc(N)n1. The number of anilines is 1. The lowest BCUT2D eigenvalue weighted by Crippen LogP contribution is -1.99. The van der Waals surface area contributed by atoms with Crippen LogP contribution in [0.25, 0.3) is 11.3 Å². The van der Waals surface area contributed by atoms with Gasteiger partial charge < -0.3 is 5.73 Å². The van der Waals surface area contributed by atoms with Crippen LogP contribution in [0.4, 0.5) is 5.95 Å². The maximum atomic E-state index is 5.49. The van der Waals surface area contributed by atoms with Crippen LogP contribution in [0.15, 0.2) is 6.20 Å². The lowest BCUT2D eigenvalue weighted by molar-refractivity contribution is 0.731. The van der Waals surface area contributed by atoms with Gasteiger partial charge in [-0.3, -0.25) is 4.68 Å². The van der Waals surface area contributed by atoms with Gasteiger partial charge in [-0.15, -0.1) is 5.10 Å². The van der Waals surface area contributed by atoms with Gasteiger partial charge in [-0.2, -0.15) is 10.2 Å². The molecule has 0 aliphatic rings. The second kappa shape index (κ2) is 3.30. The highest BCUT2D eigenvalue weighted by atomic mass is 15.3. The number of aryl methyl sites for hydroxylation is 2. The van der Waals surface area contributed by atoms with Gasteiger partial charge in [-0.05, 0) is 13.8 Å². The first-order valence-corrected chi connectivity index (χ1v) is 4.55. The Balaban J connectivity index is 2.63. The number of nitrogens with two attached hydrogens (primary N) is 1. The number of aromatic nitrogens is 5. The molecule has 0 saturated carbocycles. The van der Waals surface area contributed by atoms with E-state index < -0.39 is 0 Å². The van der Waals surface area contributed by atoms with Gasteiger partial charge in [-0.1, -0.05) is 0 Å². The zero-order valence-electron chi connectivity index (χ0n) is 8.89. The summed E-state index contributed by atoms with van der Waals surface area (Å²) in [5, 5.41) is 11.7.